The van der Waals surface area contributed by atoms with E-state index in [1.165, 1.54) is 12.1 Å². The number of carboxylic acid groups (broad SMARTS) is 1. The standard InChI is InChI=1S/C12H16N2O3/c15-10-3-1-9(2-4-10)11(12(16)17)14-7-5-13-6-8-14/h1-4,11,13,15H,5-8H2,(H,16,17). The van der Waals surface area contributed by atoms with E-state index < -0.39 is 12.0 Å². The van der Waals surface area contributed by atoms with Crippen LogP contribution >= 0.6 is 0 Å². The van der Waals surface area contributed by atoms with Gasteiger partial charge in [0.1, 0.15) is 11.8 Å². The summed E-state index contributed by atoms with van der Waals surface area (Å²) in [5.74, 6) is -0.698. The Bertz CT molecular complexity index is 385. The predicted octanol–water partition coefficient (Wildman–Crippen LogP) is 0.423. The molecule has 92 valence electrons. The normalized spacial score (nSPS) is 18.8. The fraction of sp³-hybridized carbons (Fsp3) is 0.417. The van der Waals surface area contributed by atoms with Gasteiger partial charge in [-0.15, -0.1) is 0 Å². The highest BCUT2D eigenvalue weighted by Crippen LogP contribution is 2.23. The molecule has 17 heavy (non-hydrogen) atoms. The molecule has 3 N–H and O–H groups in total. The average molecular weight is 236 g/mol. The molecule has 2 rings (SSSR count). The summed E-state index contributed by atoms with van der Waals surface area (Å²) in [6, 6.07) is 5.74. The molecule has 0 spiro atoms. The van der Waals surface area contributed by atoms with Crippen molar-refractivity contribution in [1.29, 1.82) is 0 Å². The third kappa shape index (κ3) is 2.75. The molecule has 0 aliphatic carbocycles. The molecule has 1 aliphatic heterocycles. The lowest BCUT2D eigenvalue weighted by atomic mass is 10.0. The van der Waals surface area contributed by atoms with Crippen LogP contribution < -0.4 is 5.32 Å². The van der Waals surface area contributed by atoms with Crippen LogP contribution in [0.3, 0.4) is 0 Å². The molecule has 1 aromatic rings. The van der Waals surface area contributed by atoms with Crippen LogP contribution in [0.25, 0.3) is 0 Å². The maximum Gasteiger partial charge on any atom is 0.325 e. The summed E-state index contributed by atoms with van der Waals surface area (Å²) >= 11 is 0. The molecule has 1 unspecified atom stereocenters. The molecule has 1 atom stereocenters. The van der Waals surface area contributed by atoms with Gasteiger partial charge >= 0.3 is 5.97 Å². The Hall–Kier alpha value is -1.59. The van der Waals surface area contributed by atoms with Crippen molar-refractivity contribution in [2.75, 3.05) is 26.2 Å². The molecule has 0 amide bonds. The zero-order valence-corrected chi connectivity index (χ0v) is 9.47. The Morgan fingerprint density at radius 2 is 1.82 bits per heavy atom. The van der Waals surface area contributed by atoms with Crippen molar-refractivity contribution in [3.63, 3.8) is 0 Å². The summed E-state index contributed by atoms with van der Waals surface area (Å²) in [5, 5.41) is 21.7. The second kappa shape index (κ2) is 5.16. The maximum atomic E-state index is 11.4. The van der Waals surface area contributed by atoms with E-state index in [-0.39, 0.29) is 5.75 Å². The molecule has 0 aromatic heterocycles. The van der Waals surface area contributed by atoms with Crippen LogP contribution in [0.1, 0.15) is 11.6 Å². The molecular formula is C12H16N2O3. The van der Waals surface area contributed by atoms with Crippen molar-refractivity contribution in [2.24, 2.45) is 0 Å². The number of phenolic OH excluding ortho intramolecular Hbond substituents is 1. The van der Waals surface area contributed by atoms with Gasteiger partial charge in [0.05, 0.1) is 0 Å². The van der Waals surface area contributed by atoms with Gasteiger partial charge in [-0.3, -0.25) is 9.69 Å². The van der Waals surface area contributed by atoms with E-state index in [9.17, 15) is 15.0 Å². The Balaban J connectivity index is 2.21. The monoisotopic (exact) mass is 236 g/mol. The van der Waals surface area contributed by atoms with E-state index in [4.69, 9.17) is 0 Å². The Morgan fingerprint density at radius 3 is 2.35 bits per heavy atom. The van der Waals surface area contributed by atoms with Gasteiger partial charge in [-0.1, -0.05) is 12.1 Å². The minimum absolute atomic E-state index is 0.151. The number of benzene rings is 1. The molecule has 5 nitrogen and oxygen atoms in total. The van der Waals surface area contributed by atoms with Gasteiger partial charge in [0, 0.05) is 26.2 Å². The Morgan fingerprint density at radius 1 is 1.24 bits per heavy atom. The fourth-order valence-electron chi connectivity index (χ4n) is 2.11. The van der Waals surface area contributed by atoms with Crippen LogP contribution in [0.5, 0.6) is 5.75 Å². The number of aromatic hydroxyl groups is 1. The van der Waals surface area contributed by atoms with Crippen LogP contribution in [0, 0.1) is 0 Å². The van der Waals surface area contributed by atoms with Crippen molar-refractivity contribution in [3.8, 4) is 5.75 Å². The molecule has 0 saturated carbocycles. The lowest BCUT2D eigenvalue weighted by molar-refractivity contribution is -0.143. The SMILES string of the molecule is O=C(O)C(c1ccc(O)cc1)N1CCNCC1. The first-order valence-corrected chi connectivity index (χ1v) is 5.65. The number of carboxylic acids is 1. The minimum Gasteiger partial charge on any atom is -0.508 e. The van der Waals surface area contributed by atoms with Crippen molar-refractivity contribution >= 4 is 5.97 Å². The third-order valence-electron chi connectivity index (χ3n) is 2.96. The number of carbonyl (C=O) groups is 1. The number of rotatable bonds is 3. The lowest BCUT2D eigenvalue weighted by Gasteiger charge is -2.32. The first kappa shape index (κ1) is 11.9. The van der Waals surface area contributed by atoms with Crippen molar-refractivity contribution < 1.29 is 15.0 Å². The number of nitrogens with one attached hydrogen (secondary N) is 1. The van der Waals surface area contributed by atoms with E-state index >= 15 is 0 Å². The molecular weight excluding hydrogens is 220 g/mol. The number of aliphatic carboxylic acids is 1. The summed E-state index contributed by atoms with van der Waals surface area (Å²) in [6.07, 6.45) is 0. The number of hydrogen-bond acceptors (Lipinski definition) is 4. The third-order valence-corrected chi connectivity index (χ3v) is 2.96. The smallest absolute Gasteiger partial charge is 0.325 e. The van der Waals surface area contributed by atoms with Crippen LogP contribution in [0.4, 0.5) is 0 Å². The highest BCUT2D eigenvalue weighted by molar-refractivity contribution is 5.75. The van der Waals surface area contributed by atoms with E-state index in [0.717, 1.165) is 26.2 Å². The minimum atomic E-state index is -0.849. The van der Waals surface area contributed by atoms with Crippen LogP contribution in [0.15, 0.2) is 24.3 Å². The van der Waals surface area contributed by atoms with Crippen molar-refractivity contribution in [1.82, 2.24) is 10.2 Å². The molecule has 0 radical (unpaired) electrons. The van der Waals surface area contributed by atoms with E-state index in [2.05, 4.69) is 5.32 Å². The molecule has 1 heterocycles. The van der Waals surface area contributed by atoms with Gasteiger partial charge in [-0.05, 0) is 17.7 Å². The maximum absolute atomic E-state index is 11.4. The van der Waals surface area contributed by atoms with E-state index in [0.29, 0.717) is 5.56 Å². The molecule has 1 aromatic carbocycles. The van der Waals surface area contributed by atoms with Gasteiger partial charge in [0.15, 0.2) is 0 Å². The van der Waals surface area contributed by atoms with Crippen molar-refractivity contribution in [3.05, 3.63) is 29.8 Å². The highest BCUT2D eigenvalue weighted by Gasteiger charge is 2.28. The van der Waals surface area contributed by atoms with Gasteiger partial charge in [0.25, 0.3) is 0 Å². The van der Waals surface area contributed by atoms with Gasteiger partial charge < -0.3 is 15.5 Å². The second-order valence-corrected chi connectivity index (χ2v) is 4.12. The molecule has 5 heteroatoms. The fourth-order valence-corrected chi connectivity index (χ4v) is 2.11. The molecule has 1 fully saturated rings. The first-order chi connectivity index (χ1) is 8.18. The van der Waals surface area contributed by atoms with Gasteiger partial charge in [-0.25, -0.2) is 0 Å². The summed E-state index contributed by atoms with van der Waals surface area (Å²) in [6.45, 7) is 3.05. The molecule has 1 saturated heterocycles. The van der Waals surface area contributed by atoms with Crippen LogP contribution in [0.2, 0.25) is 0 Å². The predicted molar refractivity (Wildman–Crippen MR) is 62.9 cm³/mol. The number of piperazine rings is 1. The zero-order valence-electron chi connectivity index (χ0n) is 9.47. The second-order valence-electron chi connectivity index (χ2n) is 4.12. The van der Waals surface area contributed by atoms with Crippen LogP contribution in [-0.4, -0.2) is 47.3 Å². The van der Waals surface area contributed by atoms with E-state index in [1.54, 1.807) is 12.1 Å². The Kier molecular flexibility index (Phi) is 3.61. The van der Waals surface area contributed by atoms with Gasteiger partial charge in [0.2, 0.25) is 0 Å². The number of phenols is 1. The average Bonchev–Trinajstić information content (AvgIpc) is 2.33. The topological polar surface area (TPSA) is 72.8 Å². The van der Waals surface area contributed by atoms with E-state index in [1.807, 2.05) is 4.90 Å². The summed E-state index contributed by atoms with van der Waals surface area (Å²) < 4.78 is 0. The quantitative estimate of drug-likeness (QED) is 0.709. The van der Waals surface area contributed by atoms with Crippen molar-refractivity contribution in [2.45, 2.75) is 6.04 Å². The number of hydrogen-bond donors (Lipinski definition) is 3. The largest absolute Gasteiger partial charge is 0.508 e. The first-order valence-electron chi connectivity index (χ1n) is 5.65. The lowest BCUT2D eigenvalue weighted by Crippen LogP contribution is -2.47. The summed E-state index contributed by atoms with van der Waals surface area (Å²) in [7, 11) is 0. The summed E-state index contributed by atoms with van der Waals surface area (Å²) in [4.78, 5) is 13.3. The number of nitrogens with zero attached hydrogens (tertiary/aromatic N) is 1. The van der Waals surface area contributed by atoms with Crippen LogP contribution in [-0.2, 0) is 4.79 Å². The zero-order chi connectivity index (χ0) is 12.3. The molecule has 0 bridgehead atoms. The Labute approximate surface area is 99.7 Å². The summed E-state index contributed by atoms with van der Waals surface area (Å²) in [5.41, 5.74) is 0.706. The highest BCUT2D eigenvalue weighted by atomic mass is 16.4. The molecule has 1 aliphatic rings. The van der Waals surface area contributed by atoms with Gasteiger partial charge in [-0.2, -0.15) is 0 Å².